The molecule has 6 heteroatoms. The molecule has 0 aliphatic carbocycles. The summed E-state index contributed by atoms with van der Waals surface area (Å²) < 4.78 is 13.3. The van der Waals surface area contributed by atoms with E-state index in [1.165, 1.54) is 29.5 Å². The van der Waals surface area contributed by atoms with Gasteiger partial charge in [0, 0.05) is 16.8 Å². The van der Waals surface area contributed by atoms with Crippen LogP contribution in [0, 0.1) is 5.82 Å². The zero-order chi connectivity index (χ0) is 16.2. The number of allylic oxidation sites excluding steroid dienone is 2. The van der Waals surface area contributed by atoms with Crippen LogP contribution in [0.1, 0.15) is 19.0 Å². The molecule has 0 amide bonds. The van der Waals surface area contributed by atoms with Crippen LogP contribution < -0.4 is 11.1 Å². The fourth-order valence-corrected chi connectivity index (χ4v) is 2.97. The Balaban J connectivity index is 1.90. The molecule has 1 aromatic carbocycles. The van der Waals surface area contributed by atoms with Crippen LogP contribution in [0.4, 0.5) is 16.0 Å². The fourth-order valence-electron chi connectivity index (χ4n) is 2.14. The highest BCUT2D eigenvalue weighted by atomic mass is 32.2. The molecule has 3 rings (SSSR count). The predicted octanol–water partition coefficient (Wildman–Crippen LogP) is 4.18. The van der Waals surface area contributed by atoms with Gasteiger partial charge in [-0.2, -0.15) is 0 Å². The van der Waals surface area contributed by atoms with E-state index in [4.69, 9.17) is 5.73 Å². The average Bonchev–Trinajstić information content (AvgIpc) is 2.69. The number of aromatic nitrogens is 2. The number of halogens is 1. The molecule has 2 heterocycles. The van der Waals surface area contributed by atoms with Gasteiger partial charge < -0.3 is 11.1 Å². The van der Waals surface area contributed by atoms with Crippen molar-refractivity contribution in [3.63, 3.8) is 0 Å². The average molecular weight is 326 g/mol. The van der Waals surface area contributed by atoms with Crippen molar-refractivity contribution in [2.45, 2.75) is 13.3 Å². The van der Waals surface area contributed by atoms with Crippen molar-refractivity contribution in [3.8, 4) is 0 Å². The fraction of sp³-hybridized carbons (Fsp3) is 0.118. The Kier molecular flexibility index (Phi) is 4.46. The number of hydrogen-bond acceptors (Lipinski definition) is 5. The van der Waals surface area contributed by atoms with Crippen LogP contribution in [0.2, 0.25) is 0 Å². The number of benzene rings is 1. The third-order valence-electron chi connectivity index (χ3n) is 3.22. The van der Waals surface area contributed by atoms with Gasteiger partial charge in [-0.05, 0) is 43.7 Å². The molecule has 0 saturated heterocycles. The number of thioether (sulfide) groups is 1. The first-order valence-electron chi connectivity index (χ1n) is 7.06. The van der Waals surface area contributed by atoms with Gasteiger partial charge in [-0.15, -0.1) is 0 Å². The maximum Gasteiger partial charge on any atom is 0.227 e. The first-order valence-corrected chi connectivity index (χ1v) is 7.88. The molecule has 4 nitrogen and oxygen atoms in total. The summed E-state index contributed by atoms with van der Waals surface area (Å²) in [7, 11) is 0. The molecule has 2 aromatic rings. The van der Waals surface area contributed by atoms with Crippen molar-refractivity contribution < 1.29 is 4.39 Å². The van der Waals surface area contributed by atoms with Crippen molar-refractivity contribution in [2.24, 2.45) is 5.73 Å². The van der Waals surface area contributed by atoms with Crippen molar-refractivity contribution in [1.82, 2.24) is 9.97 Å². The van der Waals surface area contributed by atoms with Gasteiger partial charge in [0.2, 0.25) is 5.95 Å². The molecule has 0 radical (unpaired) electrons. The van der Waals surface area contributed by atoms with Gasteiger partial charge in [0.05, 0.1) is 5.69 Å². The normalized spacial score (nSPS) is 14.4. The Morgan fingerprint density at radius 2 is 2.22 bits per heavy atom. The van der Waals surface area contributed by atoms with E-state index in [-0.39, 0.29) is 5.82 Å². The van der Waals surface area contributed by atoms with Crippen LogP contribution in [0.3, 0.4) is 0 Å². The third kappa shape index (κ3) is 3.80. The molecule has 0 fully saturated rings. The van der Waals surface area contributed by atoms with Crippen LogP contribution in [-0.2, 0) is 0 Å². The molecule has 23 heavy (non-hydrogen) atoms. The Morgan fingerprint density at radius 1 is 1.35 bits per heavy atom. The first-order chi connectivity index (χ1) is 11.1. The summed E-state index contributed by atoms with van der Waals surface area (Å²) in [6.45, 7) is 2.04. The van der Waals surface area contributed by atoms with Crippen molar-refractivity contribution in [1.29, 1.82) is 0 Å². The van der Waals surface area contributed by atoms with E-state index in [1.807, 2.05) is 19.1 Å². The van der Waals surface area contributed by atoms with Gasteiger partial charge >= 0.3 is 0 Å². The first kappa shape index (κ1) is 15.3. The largest absolute Gasteiger partial charge is 0.387 e. The number of hydrogen-bond donors (Lipinski definition) is 2. The van der Waals surface area contributed by atoms with E-state index in [0.717, 1.165) is 17.0 Å². The second-order valence-corrected chi connectivity index (χ2v) is 6.08. The highest BCUT2D eigenvalue weighted by Gasteiger charge is 2.12. The lowest BCUT2D eigenvalue weighted by molar-refractivity contribution is 0.628. The maximum absolute atomic E-state index is 13.3. The van der Waals surface area contributed by atoms with Gasteiger partial charge in [0.25, 0.3) is 0 Å². The van der Waals surface area contributed by atoms with Gasteiger partial charge in [-0.3, -0.25) is 0 Å². The summed E-state index contributed by atoms with van der Waals surface area (Å²) in [5, 5.41) is 3.62. The molecule has 1 aromatic heterocycles. The molecule has 0 bridgehead atoms. The monoisotopic (exact) mass is 326 g/mol. The Bertz CT molecular complexity index is 838. The minimum absolute atomic E-state index is 0.312. The summed E-state index contributed by atoms with van der Waals surface area (Å²) in [5.74, 6) is 0.0989. The Morgan fingerprint density at radius 3 is 3.04 bits per heavy atom. The SMILES string of the molecule is CC1=C(c2ccnc(Nc3cccc(F)c3)n2)SC(N)=C=CC1. The predicted molar refractivity (Wildman–Crippen MR) is 92.3 cm³/mol. The molecule has 1 aliphatic heterocycles. The molecule has 3 N–H and O–H groups in total. The van der Waals surface area contributed by atoms with E-state index in [9.17, 15) is 4.39 Å². The van der Waals surface area contributed by atoms with Gasteiger partial charge in [-0.25, -0.2) is 14.4 Å². The van der Waals surface area contributed by atoms with E-state index in [0.29, 0.717) is 16.7 Å². The summed E-state index contributed by atoms with van der Waals surface area (Å²) in [6, 6.07) is 8.01. The Hall–Kier alpha value is -2.56. The second kappa shape index (κ2) is 6.69. The molecule has 1 aliphatic rings. The van der Waals surface area contributed by atoms with Crippen molar-refractivity contribution in [2.75, 3.05) is 5.32 Å². The maximum atomic E-state index is 13.3. The molecular weight excluding hydrogens is 311 g/mol. The summed E-state index contributed by atoms with van der Waals surface area (Å²) >= 11 is 1.44. The number of nitrogens with one attached hydrogen (secondary N) is 1. The molecule has 0 saturated carbocycles. The lowest BCUT2D eigenvalue weighted by atomic mass is 10.1. The van der Waals surface area contributed by atoms with Crippen LogP contribution in [0.15, 0.2) is 58.9 Å². The highest BCUT2D eigenvalue weighted by Crippen LogP contribution is 2.35. The van der Waals surface area contributed by atoms with E-state index < -0.39 is 0 Å². The number of rotatable bonds is 3. The highest BCUT2D eigenvalue weighted by molar-refractivity contribution is 8.11. The lowest BCUT2D eigenvalue weighted by Crippen LogP contribution is -2.00. The lowest BCUT2D eigenvalue weighted by Gasteiger charge is -2.10. The smallest absolute Gasteiger partial charge is 0.227 e. The zero-order valence-electron chi connectivity index (χ0n) is 12.5. The quantitative estimate of drug-likeness (QED) is 0.828. The van der Waals surface area contributed by atoms with Crippen LogP contribution in [0.5, 0.6) is 0 Å². The molecular formula is C17H15FN4S. The molecule has 0 atom stereocenters. The standard InChI is InChI=1S/C17H15FN4S/c1-11-4-2-7-15(19)23-16(11)14-8-9-20-17(22-14)21-13-6-3-5-12(18)10-13/h2-3,5-6,8-10H,4,19H2,1H3,(H,20,21,22). The van der Waals surface area contributed by atoms with Crippen molar-refractivity contribution >= 4 is 28.3 Å². The van der Waals surface area contributed by atoms with Crippen LogP contribution >= 0.6 is 11.8 Å². The molecule has 116 valence electrons. The topological polar surface area (TPSA) is 63.8 Å². The minimum Gasteiger partial charge on any atom is -0.387 e. The van der Waals surface area contributed by atoms with Crippen LogP contribution in [0.25, 0.3) is 4.91 Å². The summed E-state index contributed by atoms with van der Waals surface area (Å²) in [6.07, 6.45) is 4.36. The van der Waals surface area contributed by atoms with Crippen LogP contribution in [-0.4, -0.2) is 9.97 Å². The van der Waals surface area contributed by atoms with E-state index in [2.05, 4.69) is 21.0 Å². The molecule has 0 spiro atoms. The number of nitrogens with zero attached hydrogens (tertiary/aromatic N) is 2. The minimum atomic E-state index is -0.312. The van der Waals surface area contributed by atoms with Gasteiger partial charge in [0.1, 0.15) is 10.8 Å². The van der Waals surface area contributed by atoms with Crippen molar-refractivity contribution in [3.05, 3.63) is 70.4 Å². The zero-order valence-corrected chi connectivity index (χ0v) is 13.3. The van der Waals surface area contributed by atoms with E-state index in [1.54, 1.807) is 18.3 Å². The summed E-state index contributed by atoms with van der Waals surface area (Å²) in [5.41, 5.74) is 11.5. The summed E-state index contributed by atoms with van der Waals surface area (Å²) in [4.78, 5) is 9.70. The third-order valence-corrected chi connectivity index (χ3v) is 4.32. The number of nitrogens with two attached hydrogens (primary N) is 1. The van der Waals surface area contributed by atoms with Gasteiger partial charge in [0.15, 0.2) is 0 Å². The Labute approximate surface area is 138 Å². The van der Waals surface area contributed by atoms with E-state index >= 15 is 0 Å². The van der Waals surface area contributed by atoms with Gasteiger partial charge in [-0.1, -0.05) is 29.1 Å². The second-order valence-electron chi connectivity index (χ2n) is 5.03. The number of anilines is 2. The molecule has 0 unspecified atom stereocenters.